The first kappa shape index (κ1) is 31.0. The molecule has 2 unspecified atom stereocenters. The van der Waals surface area contributed by atoms with Gasteiger partial charge in [0.05, 0.1) is 26.1 Å². The maximum Gasteiger partial charge on any atom is 0.356 e. The highest BCUT2D eigenvalue weighted by atomic mass is 32.2. The van der Waals surface area contributed by atoms with Crippen molar-refractivity contribution in [2.24, 2.45) is 0 Å². The lowest BCUT2D eigenvalue weighted by Crippen LogP contribution is -2.14. The Hall–Kier alpha value is -2.97. The summed E-state index contributed by atoms with van der Waals surface area (Å²) in [6, 6.07) is 18.0. The van der Waals surface area contributed by atoms with Gasteiger partial charge in [-0.05, 0) is 5.56 Å². The number of hydrogen-bond donors (Lipinski definition) is 3. The first-order valence-electron chi connectivity index (χ1n) is 12.6. The molecule has 0 aliphatic heterocycles. The van der Waals surface area contributed by atoms with Gasteiger partial charge in [-0.3, -0.25) is 19.1 Å². The van der Waals surface area contributed by atoms with Crippen molar-refractivity contribution in [3.63, 3.8) is 0 Å². The van der Waals surface area contributed by atoms with Crippen molar-refractivity contribution in [1.29, 1.82) is 0 Å². The predicted molar refractivity (Wildman–Crippen MR) is 160 cm³/mol. The van der Waals surface area contributed by atoms with Crippen molar-refractivity contribution in [2.45, 2.75) is 12.0 Å². The largest absolute Gasteiger partial charge is 0.378 e. The molecule has 0 fully saturated rings. The molecule has 4 aromatic rings. The van der Waals surface area contributed by atoms with Crippen molar-refractivity contribution in [3.05, 3.63) is 88.5 Å². The number of thioether (sulfide) groups is 2. The molecule has 0 amide bonds. The van der Waals surface area contributed by atoms with Crippen LogP contribution in [0.3, 0.4) is 0 Å². The summed E-state index contributed by atoms with van der Waals surface area (Å²) in [5, 5.41) is 10.2. The van der Waals surface area contributed by atoms with E-state index in [0.29, 0.717) is 17.0 Å². The van der Waals surface area contributed by atoms with Gasteiger partial charge in [-0.15, -0.1) is 11.8 Å². The molecule has 4 N–H and O–H groups in total. The maximum atomic E-state index is 13.5. The Bertz CT molecular complexity index is 1520. The third-order valence-electron chi connectivity index (χ3n) is 5.56. The minimum atomic E-state index is -3.71. The van der Waals surface area contributed by atoms with E-state index in [-0.39, 0.29) is 55.0 Å². The Morgan fingerprint density at radius 2 is 1.73 bits per heavy atom. The number of carbonyl (C=O) groups is 1. The fraction of sp³-hybridized carbons (Fsp3) is 0.308. The molecule has 12 nitrogen and oxygen atoms in total. The standard InChI is InChI=1S/C26H30N5O7PS2/c27-26-29-22-21(23(32)30-26)28-17-31(22)11-12-36-18-39(35,37-13-15-40-24(33)19-7-3-1-4-8-19)38-14-16-41-25(34)20-9-5-2-6-10-20/h1-10,17,24,33H,11-16,18H2,(H3,27,29,30,32). The van der Waals surface area contributed by atoms with E-state index in [4.69, 9.17) is 19.5 Å². The number of nitrogens with one attached hydrogen (secondary N) is 1. The van der Waals surface area contributed by atoms with Crippen LogP contribution >= 0.6 is 31.1 Å². The number of ether oxygens (including phenoxy) is 1. The molecule has 0 saturated heterocycles. The number of nitrogen functional groups attached to an aromatic ring is 1. The molecule has 2 heterocycles. The predicted octanol–water partition coefficient (Wildman–Crippen LogP) is 3.90. The van der Waals surface area contributed by atoms with Gasteiger partial charge < -0.3 is 29.2 Å². The topological polar surface area (TPSA) is 172 Å². The average Bonchev–Trinajstić information content (AvgIpc) is 3.39. The van der Waals surface area contributed by atoms with Crippen LogP contribution in [0.1, 0.15) is 21.4 Å². The zero-order valence-electron chi connectivity index (χ0n) is 22.0. The smallest absolute Gasteiger partial charge is 0.356 e. The van der Waals surface area contributed by atoms with Crippen LogP contribution in [0.25, 0.3) is 11.2 Å². The molecule has 0 spiro atoms. The van der Waals surface area contributed by atoms with Crippen LogP contribution in [0.5, 0.6) is 0 Å². The van der Waals surface area contributed by atoms with Gasteiger partial charge in [0.2, 0.25) is 11.1 Å². The molecule has 0 radical (unpaired) electrons. The number of aromatic amines is 1. The number of nitrogens with two attached hydrogens (primary N) is 1. The lowest BCUT2D eigenvalue weighted by atomic mass is 10.2. The Balaban J connectivity index is 1.28. The van der Waals surface area contributed by atoms with E-state index in [1.54, 1.807) is 28.8 Å². The summed E-state index contributed by atoms with van der Waals surface area (Å²) in [5.41, 5.74) is 6.21. The molecule has 2 atom stereocenters. The maximum absolute atomic E-state index is 13.5. The average molecular weight is 620 g/mol. The normalized spacial score (nSPS) is 13.7. The molecule has 41 heavy (non-hydrogen) atoms. The second-order valence-corrected chi connectivity index (χ2v) is 12.8. The van der Waals surface area contributed by atoms with E-state index in [2.05, 4.69) is 15.0 Å². The summed E-state index contributed by atoms with van der Waals surface area (Å²) < 4.78 is 32.0. The van der Waals surface area contributed by atoms with Crippen LogP contribution in [0, 0.1) is 0 Å². The molecule has 0 bridgehead atoms. The van der Waals surface area contributed by atoms with Gasteiger partial charge in [0.1, 0.15) is 11.8 Å². The Kier molecular flexibility index (Phi) is 11.6. The number of aliphatic hydroxyl groups is 1. The van der Waals surface area contributed by atoms with Crippen molar-refractivity contribution in [2.75, 3.05) is 43.4 Å². The molecule has 0 aliphatic carbocycles. The Morgan fingerprint density at radius 3 is 2.46 bits per heavy atom. The van der Waals surface area contributed by atoms with Gasteiger partial charge in [-0.1, -0.05) is 72.4 Å². The summed E-state index contributed by atoms with van der Waals surface area (Å²) in [4.78, 5) is 34.9. The first-order valence-corrected chi connectivity index (χ1v) is 16.3. The summed E-state index contributed by atoms with van der Waals surface area (Å²) in [5.74, 6) is 0.591. The van der Waals surface area contributed by atoms with Crippen LogP contribution in [0.4, 0.5) is 5.95 Å². The highest BCUT2D eigenvalue weighted by Gasteiger charge is 2.26. The van der Waals surface area contributed by atoms with Crippen molar-refractivity contribution in [1.82, 2.24) is 19.5 Å². The number of carbonyl (C=O) groups excluding carboxylic acids is 1. The van der Waals surface area contributed by atoms with E-state index >= 15 is 0 Å². The van der Waals surface area contributed by atoms with Crippen LogP contribution in [0.2, 0.25) is 0 Å². The van der Waals surface area contributed by atoms with Crippen molar-refractivity contribution in [3.8, 4) is 0 Å². The first-order chi connectivity index (χ1) is 19.8. The molecule has 2 aromatic heterocycles. The molecule has 15 heteroatoms. The zero-order chi connectivity index (χ0) is 29.1. The van der Waals surface area contributed by atoms with E-state index in [0.717, 1.165) is 17.3 Å². The minimum absolute atomic E-state index is 0.00178. The highest BCUT2D eigenvalue weighted by molar-refractivity contribution is 8.14. The zero-order valence-corrected chi connectivity index (χ0v) is 24.5. The summed E-state index contributed by atoms with van der Waals surface area (Å²) in [6.07, 6.45) is 1.11. The number of rotatable bonds is 16. The van der Waals surface area contributed by atoms with Gasteiger partial charge in [-0.2, -0.15) is 4.98 Å². The quantitative estimate of drug-likeness (QED) is 0.0940. The Labute approximate surface area is 244 Å². The number of aromatic nitrogens is 4. The summed E-state index contributed by atoms with van der Waals surface area (Å²) in [7, 11) is -3.71. The monoisotopic (exact) mass is 619 g/mol. The summed E-state index contributed by atoms with van der Waals surface area (Å²) in [6.45, 7) is 0.400. The second kappa shape index (κ2) is 15.3. The van der Waals surface area contributed by atoms with Gasteiger partial charge in [0.25, 0.3) is 5.56 Å². The molecular weight excluding hydrogens is 589 g/mol. The second-order valence-electron chi connectivity index (χ2n) is 8.51. The number of aliphatic hydroxyl groups excluding tert-OH is 1. The van der Waals surface area contributed by atoms with Gasteiger partial charge in [0.15, 0.2) is 11.2 Å². The number of fused-ring (bicyclic) bond motifs is 1. The van der Waals surface area contributed by atoms with Crippen molar-refractivity contribution < 1.29 is 28.3 Å². The molecule has 218 valence electrons. The lowest BCUT2D eigenvalue weighted by molar-refractivity contribution is 0.108. The number of imidazole rings is 1. The third-order valence-corrected chi connectivity index (χ3v) is 9.07. The third kappa shape index (κ3) is 9.27. The Morgan fingerprint density at radius 1 is 1.05 bits per heavy atom. The fourth-order valence-corrected chi connectivity index (χ4v) is 6.57. The minimum Gasteiger partial charge on any atom is -0.378 e. The van der Waals surface area contributed by atoms with E-state index in [1.807, 2.05) is 36.4 Å². The lowest BCUT2D eigenvalue weighted by Gasteiger charge is -2.19. The number of H-pyrrole nitrogens is 1. The summed E-state index contributed by atoms with van der Waals surface area (Å²) >= 11 is 2.29. The molecule has 0 saturated carbocycles. The number of anilines is 1. The van der Waals surface area contributed by atoms with Crippen LogP contribution in [-0.2, 0) is 24.9 Å². The fourth-order valence-electron chi connectivity index (χ4n) is 3.60. The van der Waals surface area contributed by atoms with Crippen molar-refractivity contribution >= 4 is 53.3 Å². The van der Waals surface area contributed by atoms with Gasteiger partial charge >= 0.3 is 7.60 Å². The van der Waals surface area contributed by atoms with E-state index in [1.165, 1.54) is 18.1 Å². The van der Waals surface area contributed by atoms with Crippen LogP contribution in [-0.4, -0.2) is 67.4 Å². The number of benzene rings is 2. The molecule has 0 aliphatic rings. The van der Waals surface area contributed by atoms with E-state index < -0.39 is 18.6 Å². The SMILES string of the molecule is Nc1nc2c(ncn2CCOCP(=O)(OCCSC(=O)c2ccccc2)OCCSC(O)c2ccccc2)c(=O)[nH]1. The van der Waals surface area contributed by atoms with E-state index in [9.17, 15) is 19.3 Å². The molecule has 2 aromatic carbocycles. The highest BCUT2D eigenvalue weighted by Crippen LogP contribution is 2.48. The van der Waals surface area contributed by atoms with Gasteiger partial charge in [0, 0.05) is 23.6 Å². The molecular formula is C26H30N5O7PS2. The molecule has 4 rings (SSSR count). The number of hydrogen-bond acceptors (Lipinski definition) is 12. The van der Waals surface area contributed by atoms with Crippen LogP contribution in [0.15, 0.2) is 71.8 Å². The van der Waals surface area contributed by atoms with Crippen LogP contribution < -0.4 is 11.3 Å². The van der Waals surface area contributed by atoms with Gasteiger partial charge in [-0.25, -0.2) is 4.98 Å². The number of nitrogens with zero attached hydrogens (tertiary/aromatic N) is 3.